The van der Waals surface area contributed by atoms with Crippen molar-refractivity contribution in [3.05, 3.63) is 71.8 Å². The Hall–Kier alpha value is -2.29. The van der Waals surface area contributed by atoms with E-state index in [2.05, 4.69) is 31.2 Å². The number of rotatable bonds is 5. The largest absolute Gasteiger partial charge is 0.416 e. The predicted molar refractivity (Wildman–Crippen MR) is 97.6 cm³/mol. The summed E-state index contributed by atoms with van der Waals surface area (Å²) in [5.74, 6) is 0. The Morgan fingerprint density at radius 1 is 0.720 bits per heavy atom. The molecule has 0 fully saturated rings. The first-order valence-electron chi connectivity index (χ1n) is 8.68. The van der Waals surface area contributed by atoms with Crippen molar-refractivity contribution in [3.8, 4) is 11.1 Å². The van der Waals surface area contributed by atoms with Gasteiger partial charge in [0.15, 0.2) is 0 Å². The Balaban J connectivity index is 1.84. The topological polar surface area (TPSA) is 0 Å². The van der Waals surface area contributed by atoms with E-state index in [-0.39, 0.29) is 0 Å². The third-order valence-electron chi connectivity index (χ3n) is 4.52. The Bertz CT molecular complexity index is 845. The minimum absolute atomic E-state index is 0.606. The van der Waals surface area contributed by atoms with Crippen molar-refractivity contribution in [3.63, 3.8) is 0 Å². The maximum Gasteiger partial charge on any atom is 0.416 e. The van der Waals surface area contributed by atoms with Crippen LogP contribution in [0.25, 0.3) is 21.9 Å². The fourth-order valence-electron chi connectivity index (χ4n) is 3.04. The van der Waals surface area contributed by atoms with Crippen LogP contribution in [0.5, 0.6) is 0 Å². The molecule has 0 atom stereocenters. The second kappa shape index (κ2) is 7.30. The molecule has 0 radical (unpaired) electrons. The molecule has 0 amide bonds. The van der Waals surface area contributed by atoms with Crippen molar-refractivity contribution in [1.82, 2.24) is 0 Å². The van der Waals surface area contributed by atoms with Crippen molar-refractivity contribution in [2.75, 3.05) is 0 Å². The standard InChI is InChI=1S/C22H21F3/c1-2-3-4-5-16-6-8-17(9-7-16)18-10-11-20-15-21(22(23,24)25)13-12-19(20)14-18/h6-15H,2-5H2,1H3. The van der Waals surface area contributed by atoms with E-state index in [1.807, 2.05) is 12.1 Å². The van der Waals surface area contributed by atoms with Gasteiger partial charge in [0.1, 0.15) is 0 Å². The number of aryl methyl sites for hydroxylation is 1. The second-order valence-corrected chi connectivity index (χ2v) is 6.43. The highest BCUT2D eigenvalue weighted by molar-refractivity contribution is 5.88. The predicted octanol–water partition coefficient (Wildman–Crippen LogP) is 7.26. The molecule has 3 aromatic rings. The Morgan fingerprint density at radius 2 is 1.36 bits per heavy atom. The van der Waals surface area contributed by atoms with E-state index in [4.69, 9.17) is 0 Å². The summed E-state index contributed by atoms with van der Waals surface area (Å²) in [5, 5.41) is 1.42. The molecule has 0 spiro atoms. The van der Waals surface area contributed by atoms with Crippen molar-refractivity contribution in [1.29, 1.82) is 0 Å². The van der Waals surface area contributed by atoms with E-state index >= 15 is 0 Å². The molecule has 0 unspecified atom stereocenters. The first-order chi connectivity index (χ1) is 12.0. The number of alkyl halides is 3. The molecule has 0 bridgehead atoms. The summed E-state index contributed by atoms with van der Waals surface area (Å²) in [6.07, 6.45) is 0.442. The second-order valence-electron chi connectivity index (χ2n) is 6.43. The molecule has 0 nitrogen and oxygen atoms in total. The van der Waals surface area contributed by atoms with Crippen LogP contribution in [0.1, 0.15) is 37.3 Å². The lowest BCUT2D eigenvalue weighted by atomic mass is 9.98. The Morgan fingerprint density at radius 3 is 2.04 bits per heavy atom. The van der Waals surface area contributed by atoms with E-state index in [0.717, 1.165) is 29.0 Å². The molecule has 130 valence electrons. The Kier molecular flexibility index (Phi) is 5.12. The monoisotopic (exact) mass is 342 g/mol. The van der Waals surface area contributed by atoms with Crippen LogP contribution in [-0.4, -0.2) is 0 Å². The normalized spacial score (nSPS) is 11.8. The molecule has 0 aromatic heterocycles. The summed E-state index contributed by atoms with van der Waals surface area (Å²) in [6.45, 7) is 2.19. The molecule has 0 aliphatic carbocycles. The van der Waals surface area contributed by atoms with Crippen LogP contribution in [0, 0.1) is 0 Å². The summed E-state index contributed by atoms with van der Waals surface area (Å²) < 4.78 is 38.4. The van der Waals surface area contributed by atoms with Crippen molar-refractivity contribution < 1.29 is 13.2 Å². The number of unbranched alkanes of at least 4 members (excludes halogenated alkanes) is 2. The highest BCUT2D eigenvalue weighted by atomic mass is 19.4. The molecular weight excluding hydrogens is 321 g/mol. The third kappa shape index (κ3) is 4.22. The van der Waals surface area contributed by atoms with Gasteiger partial charge in [-0.2, -0.15) is 13.2 Å². The quantitative estimate of drug-likeness (QED) is 0.428. The van der Waals surface area contributed by atoms with Gasteiger partial charge in [-0.05, 0) is 58.5 Å². The zero-order valence-corrected chi connectivity index (χ0v) is 14.2. The molecule has 0 aliphatic heterocycles. The van der Waals surface area contributed by atoms with Crippen LogP contribution in [0.2, 0.25) is 0 Å². The maximum atomic E-state index is 12.8. The molecule has 0 heterocycles. The minimum atomic E-state index is -4.31. The number of fused-ring (bicyclic) bond motifs is 1. The summed E-state index contributed by atoms with van der Waals surface area (Å²) >= 11 is 0. The fraction of sp³-hybridized carbons (Fsp3) is 0.273. The number of benzene rings is 3. The van der Waals surface area contributed by atoms with Crippen LogP contribution in [0.3, 0.4) is 0 Å². The zero-order valence-electron chi connectivity index (χ0n) is 14.2. The number of hydrogen-bond acceptors (Lipinski definition) is 0. The van der Waals surface area contributed by atoms with E-state index in [0.29, 0.717) is 5.39 Å². The molecule has 0 saturated carbocycles. The van der Waals surface area contributed by atoms with Gasteiger partial charge < -0.3 is 0 Å². The summed E-state index contributed by atoms with van der Waals surface area (Å²) in [6, 6.07) is 17.9. The van der Waals surface area contributed by atoms with Crippen molar-refractivity contribution >= 4 is 10.8 Å². The van der Waals surface area contributed by atoms with E-state index < -0.39 is 11.7 Å². The molecule has 0 aliphatic rings. The lowest BCUT2D eigenvalue weighted by Gasteiger charge is -2.09. The maximum absolute atomic E-state index is 12.8. The lowest BCUT2D eigenvalue weighted by Crippen LogP contribution is -2.04. The highest BCUT2D eigenvalue weighted by Crippen LogP contribution is 2.32. The number of halogens is 3. The van der Waals surface area contributed by atoms with Crippen LogP contribution in [-0.2, 0) is 12.6 Å². The summed E-state index contributed by atoms with van der Waals surface area (Å²) in [4.78, 5) is 0. The van der Waals surface area contributed by atoms with Crippen molar-refractivity contribution in [2.45, 2.75) is 38.8 Å². The van der Waals surface area contributed by atoms with Gasteiger partial charge in [0.2, 0.25) is 0 Å². The van der Waals surface area contributed by atoms with E-state index in [9.17, 15) is 13.2 Å². The average molecular weight is 342 g/mol. The van der Waals surface area contributed by atoms with Crippen LogP contribution in [0.15, 0.2) is 60.7 Å². The van der Waals surface area contributed by atoms with Gasteiger partial charge in [0.25, 0.3) is 0 Å². The zero-order chi connectivity index (χ0) is 17.9. The van der Waals surface area contributed by atoms with Gasteiger partial charge in [-0.3, -0.25) is 0 Å². The molecular formula is C22H21F3. The first-order valence-corrected chi connectivity index (χ1v) is 8.68. The van der Waals surface area contributed by atoms with Gasteiger partial charge in [-0.15, -0.1) is 0 Å². The van der Waals surface area contributed by atoms with Crippen molar-refractivity contribution in [2.24, 2.45) is 0 Å². The summed E-state index contributed by atoms with van der Waals surface area (Å²) in [5.41, 5.74) is 2.82. The molecule has 0 N–H and O–H groups in total. The van der Waals surface area contributed by atoms with Gasteiger partial charge in [-0.1, -0.05) is 62.2 Å². The van der Waals surface area contributed by atoms with Crippen LogP contribution in [0.4, 0.5) is 13.2 Å². The van der Waals surface area contributed by atoms with E-state index in [1.54, 1.807) is 12.1 Å². The molecule has 3 aromatic carbocycles. The number of hydrogen-bond donors (Lipinski definition) is 0. The van der Waals surface area contributed by atoms with Gasteiger partial charge in [0, 0.05) is 0 Å². The van der Waals surface area contributed by atoms with Crippen LogP contribution < -0.4 is 0 Å². The van der Waals surface area contributed by atoms with Gasteiger partial charge in [-0.25, -0.2) is 0 Å². The SMILES string of the molecule is CCCCCc1ccc(-c2ccc3cc(C(F)(F)F)ccc3c2)cc1. The molecule has 25 heavy (non-hydrogen) atoms. The highest BCUT2D eigenvalue weighted by Gasteiger charge is 2.30. The minimum Gasteiger partial charge on any atom is -0.166 e. The van der Waals surface area contributed by atoms with Crippen LogP contribution >= 0.6 is 0 Å². The smallest absolute Gasteiger partial charge is 0.166 e. The lowest BCUT2D eigenvalue weighted by molar-refractivity contribution is -0.137. The Labute approximate surface area is 146 Å². The third-order valence-corrected chi connectivity index (χ3v) is 4.52. The van der Waals surface area contributed by atoms with E-state index in [1.165, 1.54) is 30.9 Å². The van der Waals surface area contributed by atoms with Gasteiger partial charge >= 0.3 is 6.18 Å². The summed E-state index contributed by atoms with van der Waals surface area (Å²) in [7, 11) is 0. The van der Waals surface area contributed by atoms with Gasteiger partial charge in [0.05, 0.1) is 5.56 Å². The fourth-order valence-corrected chi connectivity index (χ4v) is 3.04. The first kappa shape index (κ1) is 17.5. The molecule has 3 heteroatoms. The average Bonchev–Trinajstić information content (AvgIpc) is 2.61. The molecule has 3 rings (SSSR count). The molecule has 0 saturated heterocycles.